The van der Waals surface area contributed by atoms with Crippen molar-refractivity contribution < 1.29 is 4.79 Å². The first-order chi connectivity index (χ1) is 12.6. The minimum atomic E-state index is 0.182. The van der Waals surface area contributed by atoms with Gasteiger partial charge >= 0.3 is 0 Å². The van der Waals surface area contributed by atoms with Crippen molar-refractivity contribution in [1.82, 2.24) is 14.8 Å². The van der Waals surface area contributed by atoms with Crippen LogP contribution >= 0.6 is 0 Å². The maximum absolute atomic E-state index is 12.6. The highest BCUT2D eigenvalue weighted by atomic mass is 16.2. The molecule has 1 aromatic heterocycles. The molecule has 0 aliphatic carbocycles. The lowest BCUT2D eigenvalue weighted by atomic mass is 9.77. The molecular weight excluding hydrogens is 322 g/mol. The highest BCUT2D eigenvalue weighted by molar-refractivity contribution is 5.79. The summed E-state index contributed by atoms with van der Waals surface area (Å²) in [4.78, 5) is 21.6. The maximum Gasteiger partial charge on any atom is 0.223 e. The van der Waals surface area contributed by atoms with Gasteiger partial charge in [0.05, 0.1) is 5.69 Å². The molecule has 2 aliphatic heterocycles. The summed E-state index contributed by atoms with van der Waals surface area (Å²) in [5.41, 5.74) is 3.81. The molecule has 2 saturated heterocycles. The van der Waals surface area contributed by atoms with Gasteiger partial charge in [-0.25, -0.2) is 0 Å². The Hall–Kier alpha value is -2.20. The van der Waals surface area contributed by atoms with Gasteiger partial charge in [-0.1, -0.05) is 35.9 Å². The predicted octanol–water partition coefficient (Wildman–Crippen LogP) is 3.40. The predicted molar refractivity (Wildman–Crippen MR) is 102 cm³/mol. The Kier molecular flexibility index (Phi) is 4.77. The molecule has 0 radical (unpaired) electrons. The zero-order valence-electron chi connectivity index (χ0n) is 15.5. The summed E-state index contributed by atoms with van der Waals surface area (Å²) < 4.78 is 0. The van der Waals surface area contributed by atoms with Gasteiger partial charge in [-0.05, 0) is 56.0 Å². The number of amides is 1. The quantitative estimate of drug-likeness (QED) is 0.849. The minimum Gasteiger partial charge on any atom is -0.338 e. The minimum absolute atomic E-state index is 0.182. The number of hydrogen-bond acceptors (Lipinski definition) is 3. The molecular formula is C22H27N3O. The number of carbonyl (C=O) groups excluding carboxylic acids is 1. The highest BCUT2D eigenvalue weighted by Crippen LogP contribution is 2.41. The van der Waals surface area contributed by atoms with Crippen LogP contribution in [-0.2, 0) is 17.9 Å². The Morgan fingerprint density at radius 3 is 2.65 bits per heavy atom. The van der Waals surface area contributed by atoms with Crippen LogP contribution in [0.15, 0.2) is 48.7 Å². The number of carbonyl (C=O) groups is 1. The molecule has 26 heavy (non-hydrogen) atoms. The Bertz CT molecular complexity index is 766. The van der Waals surface area contributed by atoms with Crippen LogP contribution < -0.4 is 0 Å². The van der Waals surface area contributed by atoms with Crippen LogP contribution in [0, 0.1) is 12.3 Å². The van der Waals surface area contributed by atoms with Crippen LogP contribution in [0.4, 0.5) is 0 Å². The molecule has 4 nitrogen and oxygen atoms in total. The molecule has 0 saturated carbocycles. The zero-order chi connectivity index (χ0) is 18.0. The van der Waals surface area contributed by atoms with Crippen LogP contribution in [0.1, 0.15) is 36.1 Å². The van der Waals surface area contributed by atoms with Gasteiger partial charge in [0, 0.05) is 32.3 Å². The van der Waals surface area contributed by atoms with Gasteiger partial charge < -0.3 is 4.90 Å². The summed E-state index contributed by atoms with van der Waals surface area (Å²) in [7, 11) is 0. The Balaban J connectivity index is 1.35. The summed E-state index contributed by atoms with van der Waals surface area (Å²) in [6.45, 7) is 6.80. The fourth-order valence-corrected chi connectivity index (χ4v) is 4.40. The smallest absolute Gasteiger partial charge is 0.223 e. The second kappa shape index (κ2) is 7.20. The fraction of sp³-hybridized carbons (Fsp3) is 0.455. The molecule has 2 aromatic rings. The monoisotopic (exact) mass is 349 g/mol. The lowest BCUT2D eigenvalue weighted by Crippen LogP contribution is -2.41. The van der Waals surface area contributed by atoms with Gasteiger partial charge in [0.25, 0.3) is 0 Å². The molecule has 2 fully saturated rings. The van der Waals surface area contributed by atoms with Crippen molar-refractivity contribution in [2.75, 3.05) is 19.6 Å². The van der Waals surface area contributed by atoms with E-state index in [1.54, 1.807) is 0 Å². The lowest BCUT2D eigenvalue weighted by Gasteiger charge is -2.38. The third-order valence-electron chi connectivity index (χ3n) is 5.89. The van der Waals surface area contributed by atoms with Crippen molar-refractivity contribution in [1.29, 1.82) is 0 Å². The second-order valence-electron chi connectivity index (χ2n) is 8.01. The first-order valence-electron chi connectivity index (χ1n) is 9.58. The van der Waals surface area contributed by atoms with E-state index < -0.39 is 0 Å². The molecule has 0 N–H and O–H groups in total. The second-order valence-corrected chi connectivity index (χ2v) is 8.01. The molecule has 0 unspecified atom stereocenters. The Morgan fingerprint density at radius 1 is 1.08 bits per heavy atom. The topological polar surface area (TPSA) is 36.4 Å². The number of aryl methyl sites for hydroxylation is 1. The van der Waals surface area contributed by atoms with E-state index in [9.17, 15) is 4.79 Å². The van der Waals surface area contributed by atoms with E-state index >= 15 is 0 Å². The van der Waals surface area contributed by atoms with E-state index in [-0.39, 0.29) is 5.41 Å². The molecule has 1 aromatic carbocycles. The molecule has 4 rings (SSSR count). The van der Waals surface area contributed by atoms with E-state index in [0.29, 0.717) is 5.91 Å². The van der Waals surface area contributed by atoms with Crippen molar-refractivity contribution in [3.8, 4) is 0 Å². The van der Waals surface area contributed by atoms with Crippen LogP contribution in [0.25, 0.3) is 0 Å². The SMILES string of the molecule is Cc1cccc(CN2CC3(CCN(Cc4ccccn4)CC3)CC2=O)c1. The molecule has 2 aliphatic rings. The first kappa shape index (κ1) is 17.2. The molecule has 0 atom stereocenters. The molecule has 4 heteroatoms. The highest BCUT2D eigenvalue weighted by Gasteiger charge is 2.44. The zero-order valence-corrected chi connectivity index (χ0v) is 15.5. The van der Waals surface area contributed by atoms with Crippen molar-refractivity contribution >= 4 is 5.91 Å². The van der Waals surface area contributed by atoms with Gasteiger partial charge in [-0.2, -0.15) is 0 Å². The van der Waals surface area contributed by atoms with Gasteiger partial charge in [0.15, 0.2) is 0 Å². The summed E-state index contributed by atoms with van der Waals surface area (Å²) in [6, 6.07) is 14.6. The molecule has 136 valence electrons. The van der Waals surface area contributed by atoms with Crippen molar-refractivity contribution in [2.45, 2.75) is 39.3 Å². The standard InChI is InChI=1S/C22H27N3O/c1-18-5-4-6-19(13-18)15-25-17-22(14-21(25)26)8-11-24(12-9-22)16-20-7-2-3-10-23-20/h2-7,10,13H,8-9,11-12,14-17H2,1H3. The van der Waals surface area contributed by atoms with Crippen molar-refractivity contribution in [3.63, 3.8) is 0 Å². The number of pyridine rings is 1. The summed E-state index contributed by atoms with van der Waals surface area (Å²) in [6.07, 6.45) is 4.79. The number of hydrogen-bond donors (Lipinski definition) is 0. The molecule has 1 spiro atoms. The molecule has 3 heterocycles. The van der Waals surface area contributed by atoms with E-state index in [0.717, 1.165) is 57.7 Å². The molecule has 1 amide bonds. The van der Waals surface area contributed by atoms with Gasteiger partial charge in [-0.3, -0.25) is 14.7 Å². The Labute approximate surface area is 155 Å². The maximum atomic E-state index is 12.6. The van der Waals surface area contributed by atoms with Gasteiger partial charge in [-0.15, -0.1) is 0 Å². The van der Waals surface area contributed by atoms with Crippen LogP contribution in [0.3, 0.4) is 0 Å². The average Bonchev–Trinajstić information content (AvgIpc) is 2.93. The van der Waals surface area contributed by atoms with Gasteiger partial charge in [0.1, 0.15) is 0 Å². The molecule has 0 bridgehead atoms. The lowest BCUT2D eigenvalue weighted by molar-refractivity contribution is -0.128. The Morgan fingerprint density at radius 2 is 1.92 bits per heavy atom. The number of nitrogens with zero attached hydrogens (tertiary/aromatic N) is 3. The van der Waals surface area contributed by atoms with Crippen molar-refractivity contribution in [2.24, 2.45) is 5.41 Å². The summed E-state index contributed by atoms with van der Waals surface area (Å²) in [5.74, 6) is 0.324. The first-order valence-corrected chi connectivity index (χ1v) is 9.58. The number of rotatable bonds is 4. The number of piperidine rings is 1. The van der Waals surface area contributed by atoms with Crippen LogP contribution in [0.5, 0.6) is 0 Å². The van der Waals surface area contributed by atoms with E-state index in [2.05, 4.69) is 52.0 Å². The third kappa shape index (κ3) is 3.80. The fourth-order valence-electron chi connectivity index (χ4n) is 4.40. The normalized spacial score (nSPS) is 20.0. The van der Waals surface area contributed by atoms with E-state index in [4.69, 9.17) is 0 Å². The summed E-state index contributed by atoms with van der Waals surface area (Å²) in [5, 5.41) is 0. The van der Waals surface area contributed by atoms with E-state index in [1.807, 2.05) is 18.3 Å². The van der Waals surface area contributed by atoms with E-state index in [1.165, 1.54) is 11.1 Å². The summed E-state index contributed by atoms with van der Waals surface area (Å²) >= 11 is 0. The van der Waals surface area contributed by atoms with Crippen molar-refractivity contribution in [3.05, 3.63) is 65.5 Å². The van der Waals surface area contributed by atoms with Crippen LogP contribution in [-0.4, -0.2) is 40.3 Å². The number of likely N-dealkylation sites (tertiary alicyclic amines) is 2. The third-order valence-corrected chi connectivity index (χ3v) is 5.89. The number of aromatic nitrogens is 1. The van der Waals surface area contributed by atoms with Crippen LogP contribution in [0.2, 0.25) is 0 Å². The largest absolute Gasteiger partial charge is 0.338 e. The number of benzene rings is 1. The van der Waals surface area contributed by atoms with Gasteiger partial charge in [0.2, 0.25) is 5.91 Å². The average molecular weight is 349 g/mol.